The molecular formula is C33H43N5O3. The molecule has 0 radical (unpaired) electrons. The number of aromatic nitrogens is 1. The molecule has 2 saturated heterocycles. The minimum absolute atomic E-state index is 0.153. The molecule has 0 aliphatic carbocycles. The number of hydrogen-bond acceptors (Lipinski definition) is 8. The van der Waals surface area contributed by atoms with Crippen molar-refractivity contribution in [2.45, 2.75) is 39.6 Å². The van der Waals surface area contributed by atoms with E-state index >= 15 is 0 Å². The number of carbonyl (C=O) groups is 1. The lowest BCUT2D eigenvalue weighted by molar-refractivity contribution is 0.0378. The summed E-state index contributed by atoms with van der Waals surface area (Å²) in [6, 6.07) is 21.1. The van der Waals surface area contributed by atoms with E-state index in [9.17, 15) is 4.79 Å². The highest BCUT2D eigenvalue weighted by Crippen LogP contribution is 2.22. The Morgan fingerprint density at radius 3 is 1.88 bits per heavy atom. The first-order valence-corrected chi connectivity index (χ1v) is 14.8. The molecule has 3 heterocycles. The van der Waals surface area contributed by atoms with Gasteiger partial charge in [0.15, 0.2) is 0 Å². The third-order valence-electron chi connectivity index (χ3n) is 7.86. The molecule has 41 heavy (non-hydrogen) atoms. The van der Waals surface area contributed by atoms with Gasteiger partial charge >= 0.3 is 5.97 Å². The van der Waals surface area contributed by atoms with Gasteiger partial charge in [0.1, 0.15) is 17.1 Å². The van der Waals surface area contributed by atoms with E-state index in [1.54, 1.807) is 19.4 Å². The first-order chi connectivity index (χ1) is 20.0. The van der Waals surface area contributed by atoms with Crippen molar-refractivity contribution in [2.24, 2.45) is 0 Å². The van der Waals surface area contributed by atoms with Gasteiger partial charge in [-0.25, -0.2) is 9.78 Å². The number of hydrogen-bond donors (Lipinski definition) is 0. The third-order valence-corrected chi connectivity index (χ3v) is 7.86. The van der Waals surface area contributed by atoms with E-state index in [4.69, 9.17) is 9.47 Å². The molecule has 2 fully saturated rings. The number of carbonyl (C=O) groups excluding carboxylic acids is 1. The summed E-state index contributed by atoms with van der Waals surface area (Å²) in [4.78, 5) is 26.9. The minimum Gasteiger partial charge on any atom is -0.497 e. The van der Waals surface area contributed by atoms with Crippen LogP contribution in [-0.2, 0) is 24.4 Å². The van der Waals surface area contributed by atoms with E-state index in [1.807, 2.05) is 26.0 Å². The van der Waals surface area contributed by atoms with Gasteiger partial charge in [-0.05, 0) is 54.8 Å². The van der Waals surface area contributed by atoms with Crippen LogP contribution in [0.25, 0.3) is 0 Å². The zero-order chi connectivity index (χ0) is 28.6. The van der Waals surface area contributed by atoms with Crippen molar-refractivity contribution >= 4 is 11.8 Å². The SMILES string of the molecule is COc1cccc(CN2CCN(Cc3ccc(CN4CCN(c5ncccc5C(=O)OC(C)C)CC4)cc3)CC2)c1. The lowest BCUT2D eigenvalue weighted by Crippen LogP contribution is -2.46. The molecule has 0 saturated carbocycles. The van der Waals surface area contributed by atoms with Gasteiger partial charge in [0.25, 0.3) is 0 Å². The van der Waals surface area contributed by atoms with Gasteiger partial charge in [-0.2, -0.15) is 0 Å². The average Bonchev–Trinajstić information content (AvgIpc) is 2.99. The van der Waals surface area contributed by atoms with Gasteiger partial charge in [-0.3, -0.25) is 14.7 Å². The third kappa shape index (κ3) is 8.06. The number of benzene rings is 2. The predicted molar refractivity (Wildman–Crippen MR) is 162 cm³/mol. The van der Waals surface area contributed by atoms with E-state index in [0.29, 0.717) is 5.56 Å². The molecule has 3 aromatic rings. The van der Waals surface area contributed by atoms with Gasteiger partial charge in [0.05, 0.1) is 13.2 Å². The number of nitrogens with zero attached hydrogens (tertiary/aromatic N) is 5. The molecule has 2 aromatic carbocycles. The van der Waals surface area contributed by atoms with Crippen molar-refractivity contribution in [2.75, 3.05) is 64.4 Å². The number of rotatable bonds is 10. The molecule has 1 aromatic heterocycles. The Balaban J connectivity index is 1.06. The molecule has 0 N–H and O–H groups in total. The highest BCUT2D eigenvalue weighted by molar-refractivity contribution is 5.94. The molecule has 5 rings (SSSR count). The fourth-order valence-electron chi connectivity index (χ4n) is 5.60. The van der Waals surface area contributed by atoms with Crippen molar-refractivity contribution < 1.29 is 14.3 Å². The largest absolute Gasteiger partial charge is 0.497 e. The Morgan fingerprint density at radius 1 is 0.756 bits per heavy atom. The van der Waals surface area contributed by atoms with E-state index < -0.39 is 0 Å². The fraction of sp³-hybridized carbons (Fsp3) is 0.455. The van der Waals surface area contributed by atoms with Crippen LogP contribution in [0, 0.1) is 0 Å². The van der Waals surface area contributed by atoms with Crippen LogP contribution in [-0.4, -0.2) is 91.2 Å². The Bertz CT molecular complexity index is 1270. The number of ether oxygens (including phenoxy) is 2. The maximum atomic E-state index is 12.6. The molecule has 2 aliphatic heterocycles. The predicted octanol–water partition coefficient (Wildman–Crippen LogP) is 4.30. The summed E-state index contributed by atoms with van der Waals surface area (Å²) < 4.78 is 10.8. The van der Waals surface area contributed by atoms with Crippen molar-refractivity contribution in [3.63, 3.8) is 0 Å². The van der Waals surface area contributed by atoms with Crippen molar-refractivity contribution in [1.82, 2.24) is 19.7 Å². The molecule has 8 heteroatoms. The maximum absolute atomic E-state index is 12.6. The van der Waals surface area contributed by atoms with Crippen molar-refractivity contribution in [1.29, 1.82) is 0 Å². The highest BCUT2D eigenvalue weighted by Gasteiger charge is 2.24. The normalized spacial score (nSPS) is 17.1. The second-order valence-corrected chi connectivity index (χ2v) is 11.3. The standard InChI is InChI=1S/C33H43N5O3/c1-26(2)41-33(39)31-8-5-13-34-32(31)38-20-18-37(19-21-38)24-28-11-9-27(10-12-28)23-35-14-16-36(17-15-35)25-29-6-4-7-30(22-29)40-3/h4-13,22,26H,14-21,23-25H2,1-3H3. The van der Waals surface area contributed by atoms with Gasteiger partial charge in [-0.1, -0.05) is 36.4 Å². The van der Waals surface area contributed by atoms with Crippen LogP contribution in [0.5, 0.6) is 5.75 Å². The second-order valence-electron chi connectivity index (χ2n) is 11.3. The van der Waals surface area contributed by atoms with Gasteiger partial charge in [0, 0.05) is 78.2 Å². The summed E-state index contributed by atoms with van der Waals surface area (Å²) in [5.41, 5.74) is 4.56. The van der Waals surface area contributed by atoms with Crippen LogP contribution >= 0.6 is 0 Å². The van der Waals surface area contributed by atoms with Gasteiger partial charge < -0.3 is 14.4 Å². The number of anilines is 1. The Kier molecular flexibility index (Phi) is 9.88. The van der Waals surface area contributed by atoms with Crippen LogP contribution in [0.2, 0.25) is 0 Å². The summed E-state index contributed by atoms with van der Waals surface area (Å²) in [6.45, 7) is 14.5. The number of methoxy groups -OCH3 is 1. The van der Waals surface area contributed by atoms with Crippen LogP contribution in [0.3, 0.4) is 0 Å². The second kappa shape index (κ2) is 13.9. The molecule has 0 amide bonds. The molecule has 0 spiro atoms. The van der Waals surface area contributed by atoms with Gasteiger partial charge in [0.2, 0.25) is 0 Å². The number of esters is 1. The molecule has 218 valence electrons. The summed E-state index contributed by atoms with van der Waals surface area (Å²) in [5, 5.41) is 0. The monoisotopic (exact) mass is 557 g/mol. The minimum atomic E-state index is -0.305. The summed E-state index contributed by atoms with van der Waals surface area (Å²) in [7, 11) is 1.72. The molecule has 0 atom stereocenters. The first-order valence-electron chi connectivity index (χ1n) is 14.8. The smallest absolute Gasteiger partial charge is 0.342 e. The van der Waals surface area contributed by atoms with Crippen LogP contribution in [0.4, 0.5) is 5.82 Å². The Morgan fingerprint density at radius 2 is 1.32 bits per heavy atom. The topological polar surface area (TPSA) is 61.4 Å². The van der Waals surface area contributed by atoms with E-state index in [-0.39, 0.29) is 12.1 Å². The summed E-state index contributed by atoms with van der Waals surface area (Å²) >= 11 is 0. The Labute approximate surface area is 244 Å². The van der Waals surface area contributed by atoms with E-state index in [1.165, 1.54) is 16.7 Å². The van der Waals surface area contributed by atoms with Crippen LogP contribution < -0.4 is 9.64 Å². The number of piperazine rings is 2. The zero-order valence-electron chi connectivity index (χ0n) is 24.7. The average molecular weight is 558 g/mol. The first kappa shape index (κ1) is 29.0. The lowest BCUT2D eigenvalue weighted by atomic mass is 10.1. The van der Waals surface area contributed by atoms with E-state index in [2.05, 4.69) is 67.0 Å². The number of pyridine rings is 1. The molecule has 8 nitrogen and oxygen atoms in total. The van der Waals surface area contributed by atoms with Crippen molar-refractivity contribution in [3.05, 3.63) is 89.1 Å². The van der Waals surface area contributed by atoms with Crippen LogP contribution in [0.15, 0.2) is 66.9 Å². The highest BCUT2D eigenvalue weighted by atomic mass is 16.5. The summed E-state index contributed by atoms with van der Waals surface area (Å²) in [5.74, 6) is 1.35. The lowest BCUT2D eigenvalue weighted by Gasteiger charge is -2.36. The summed E-state index contributed by atoms with van der Waals surface area (Å²) in [6.07, 6.45) is 1.59. The quantitative estimate of drug-likeness (QED) is 0.342. The van der Waals surface area contributed by atoms with Crippen molar-refractivity contribution in [3.8, 4) is 5.75 Å². The van der Waals surface area contributed by atoms with E-state index in [0.717, 1.165) is 83.6 Å². The van der Waals surface area contributed by atoms with Gasteiger partial charge in [-0.15, -0.1) is 0 Å². The molecule has 0 bridgehead atoms. The molecule has 0 unspecified atom stereocenters. The fourth-order valence-corrected chi connectivity index (χ4v) is 5.60. The van der Waals surface area contributed by atoms with Crippen LogP contribution in [0.1, 0.15) is 40.9 Å². The Hall–Kier alpha value is -3.46. The molecule has 2 aliphatic rings. The zero-order valence-corrected chi connectivity index (χ0v) is 24.7. The molecular weight excluding hydrogens is 514 g/mol. The maximum Gasteiger partial charge on any atom is 0.342 e.